The largest absolute Gasteiger partial charge is 0.462 e. The Hall–Kier alpha value is -0.840. The van der Waals surface area contributed by atoms with Gasteiger partial charge in [-0.3, -0.25) is 0 Å². The van der Waals surface area contributed by atoms with E-state index in [0.717, 1.165) is 14.9 Å². The number of halogens is 2. The predicted molar refractivity (Wildman–Crippen MR) is 78.4 cm³/mol. The monoisotopic (exact) mass is 344 g/mol. The third-order valence-corrected chi connectivity index (χ3v) is 4.35. The first-order valence-corrected chi connectivity index (χ1v) is 7.33. The zero-order valence-corrected chi connectivity index (χ0v) is 12.7. The Morgan fingerprint density at radius 2 is 2.22 bits per heavy atom. The third-order valence-electron chi connectivity index (χ3n) is 2.30. The number of benzene rings is 1. The van der Waals surface area contributed by atoms with Gasteiger partial charge >= 0.3 is 5.97 Å². The molecule has 0 saturated carbocycles. The van der Waals surface area contributed by atoms with E-state index in [1.807, 2.05) is 30.3 Å². The first-order chi connectivity index (χ1) is 8.61. The molecule has 1 heterocycles. The highest BCUT2D eigenvalue weighted by Gasteiger charge is 2.15. The Balaban J connectivity index is 2.38. The van der Waals surface area contributed by atoms with Crippen LogP contribution in [0.3, 0.4) is 0 Å². The van der Waals surface area contributed by atoms with Crippen LogP contribution in [-0.4, -0.2) is 12.6 Å². The molecule has 0 aliphatic rings. The number of hydrogen-bond acceptors (Lipinski definition) is 3. The van der Waals surface area contributed by atoms with E-state index in [4.69, 9.17) is 16.3 Å². The van der Waals surface area contributed by atoms with Gasteiger partial charge in [-0.05, 0) is 46.6 Å². The number of carbonyl (C=O) groups excluding carboxylic acids is 1. The summed E-state index contributed by atoms with van der Waals surface area (Å²) in [6.45, 7) is 2.17. The van der Waals surface area contributed by atoms with Crippen molar-refractivity contribution in [2.24, 2.45) is 0 Å². The lowest BCUT2D eigenvalue weighted by Crippen LogP contribution is -2.01. The first-order valence-electron chi connectivity index (χ1n) is 5.34. The zero-order valence-electron chi connectivity index (χ0n) is 9.57. The van der Waals surface area contributed by atoms with Crippen molar-refractivity contribution in [3.63, 3.8) is 0 Å². The van der Waals surface area contributed by atoms with Gasteiger partial charge in [0.1, 0.15) is 4.88 Å². The smallest absolute Gasteiger partial charge is 0.348 e. The summed E-state index contributed by atoms with van der Waals surface area (Å²) < 4.78 is 5.88. The van der Waals surface area contributed by atoms with Gasteiger partial charge in [-0.25, -0.2) is 4.79 Å². The summed E-state index contributed by atoms with van der Waals surface area (Å²) in [7, 11) is 0. The van der Waals surface area contributed by atoms with Crippen molar-refractivity contribution in [1.29, 1.82) is 0 Å². The van der Waals surface area contributed by atoms with Crippen LogP contribution in [0.5, 0.6) is 0 Å². The molecule has 0 saturated heterocycles. The molecule has 0 N–H and O–H groups in total. The lowest BCUT2D eigenvalue weighted by Gasteiger charge is -1.99. The zero-order chi connectivity index (χ0) is 13.1. The van der Waals surface area contributed by atoms with Crippen LogP contribution >= 0.6 is 38.9 Å². The molecule has 2 nitrogen and oxygen atoms in total. The normalized spacial score (nSPS) is 10.4. The van der Waals surface area contributed by atoms with Crippen molar-refractivity contribution in [2.45, 2.75) is 6.92 Å². The second-order valence-electron chi connectivity index (χ2n) is 3.53. The van der Waals surface area contributed by atoms with Crippen LogP contribution < -0.4 is 0 Å². The van der Waals surface area contributed by atoms with Crippen LogP contribution in [0.25, 0.3) is 11.1 Å². The molecule has 0 amide bonds. The molecular formula is C13H10BrClO2S. The fraction of sp³-hybridized carbons (Fsp3) is 0.154. The minimum Gasteiger partial charge on any atom is -0.462 e. The van der Waals surface area contributed by atoms with E-state index >= 15 is 0 Å². The van der Waals surface area contributed by atoms with Crippen LogP contribution in [-0.2, 0) is 4.74 Å². The molecule has 18 heavy (non-hydrogen) atoms. The number of ether oxygens (including phenoxy) is 1. The van der Waals surface area contributed by atoms with Gasteiger partial charge in [0.15, 0.2) is 0 Å². The van der Waals surface area contributed by atoms with Crippen LogP contribution in [0.2, 0.25) is 5.02 Å². The molecule has 2 aromatic rings. The Kier molecular flexibility index (Phi) is 4.43. The minimum atomic E-state index is -0.295. The van der Waals surface area contributed by atoms with Crippen LogP contribution in [0.15, 0.2) is 34.1 Å². The molecule has 0 bridgehead atoms. The van der Waals surface area contributed by atoms with Gasteiger partial charge in [0, 0.05) is 10.6 Å². The third kappa shape index (κ3) is 2.94. The number of rotatable bonds is 3. The summed E-state index contributed by atoms with van der Waals surface area (Å²) in [4.78, 5) is 12.2. The van der Waals surface area contributed by atoms with Crippen LogP contribution in [0.4, 0.5) is 0 Å². The maximum absolute atomic E-state index is 11.6. The second-order valence-corrected chi connectivity index (χ2v) is 6.34. The van der Waals surface area contributed by atoms with Crippen molar-refractivity contribution < 1.29 is 9.53 Å². The van der Waals surface area contributed by atoms with Crippen molar-refractivity contribution in [2.75, 3.05) is 6.61 Å². The fourth-order valence-electron chi connectivity index (χ4n) is 1.52. The van der Waals surface area contributed by atoms with E-state index in [-0.39, 0.29) is 5.97 Å². The average molecular weight is 346 g/mol. The first kappa shape index (κ1) is 13.6. The van der Waals surface area contributed by atoms with Gasteiger partial charge in [0.2, 0.25) is 0 Å². The van der Waals surface area contributed by atoms with Gasteiger partial charge in [-0.2, -0.15) is 0 Å². The van der Waals surface area contributed by atoms with E-state index < -0.39 is 0 Å². The van der Waals surface area contributed by atoms with E-state index in [1.165, 1.54) is 11.3 Å². The average Bonchev–Trinajstić information content (AvgIpc) is 2.72. The summed E-state index contributed by atoms with van der Waals surface area (Å²) in [5, 5.41) is 0.670. The van der Waals surface area contributed by atoms with Crippen molar-refractivity contribution >= 4 is 44.8 Å². The van der Waals surface area contributed by atoms with Crippen molar-refractivity contribution in [1.82, 2.24) is 0 Å². The lowest BCUT2D eigenvalue weighted by molar-refractivity contribution is 0.0532. The molecular weight excluding hydrogens is 336 g/mol. The molecule has 0 spiro atoms. The van der Waals surface area contributed by atoms with Gasteiger partial charge in [0.05, 0.1) is 10.4 Å². The summed E-state index contributed by atoms with van der Waals surface area (Å²) in [6.07, 6.45) is 0. The Morgan fingerprint density at radius 1 is 1.44 bits per heavy atom. The molecule has 1 aromatic carbocycles. The van der Waals surface area contributed by atoms with Gasteiger partial charge < -0.3 is 4.74 Å². The summed E-state index contributed by atoms with van der Waals surface area (Å²) >= 11 is 10.8. The van der Waals surface area contributed by atoms with E-state index in [2.05, 4.69) is 15.9 Å². The molecule has 94 valence electrons. The van der Waals surface area contributed by atoms with Crippen molar-refractivity contribution in [3.05, 3.63) is 44.0 Å². The molecule has 5 heteroatoms. The quantitative estimate of drug-likeness (QED) is 0.731. The molecule has 0 atom stereocenters. The van der Waals surface area contributed by atoms with Crippen molar-refractivity contribution in [3.8, 4) is 11.1 Å². The topological polar surface area (TPSA) is 26.3 Å². The second kappa shape index (κ2) is 5.87. The minimum absolute atomic E-state index is 0.295. The maximum atomic E-state index is 11.6. The Bertz CT molecular complexity index is 580. The molecule has 2 rings (SSSR count). The maximum Gasteiger partial charge on any atom is 0.348 e. The standard InChI is InChI=1S/C13H10BrClO2S/c1-2-17-13(16)11-7-10(12(14)18-11)8-4-3-5-9(15)6-8/h3-7H,2H2,1H3. The molecule has 0 radical (unpaired) electrons. The highest BCUT2D eigenvalue weighted by atomic mass is 79.9. The Morgan fingerprint density at radius 3 is 2.89 bits per heavy atom. The van der Waals surface area contributed by atoms with Gasteiger partial charge in [-0.1, -0.05) is 23.7 Å². The molecule has 0 unspecified atom stereocenters. The molecule has 0 aliphatic heterocycles. The summed E-state index contributed by atoms with van der Waals surface area (Å²) in [6, 6.07) is 9.33. The fourth-order valence-corrected chi connectivity index (χ4v) is 3.38. The van der Waals surface area contributed by atoms with E-state index in [0.29, 0.717) is 16.5 Å². The predicted octanol–water partition coefficient (Wildman–Crippen LogP) is 5.01. The number of hydrogen-bond donors (Lipinski definition) is 0. The SMILES string of the molecule is CCOC(=O)c1cc(-c2cccc(Cl)c2)c(Br)s1. The van der Waals surface area contributed by atoms with Gasteiger partial charge in [-0.15, -0.1) is 11.3 Å². The number of thiophene rings is 1. The van der Waals surface area contributed by atoms with Gasteiger partial charge in [0.25, 0.3) is 0 Å². The highest BCUT2D eigenvalue weighted by molar-refractivity contribution is 9.11. The van der Waals surface area contributed by atoms with E-state index in [1.54, 1.807) is 6.92 Å². The lowest BCUT2D eigenvalue weighted by atomic mass is 10.1. The van der Waals surface area contributed by atoms with Crippen LogP contribution in [0.1, 0.15) is 16.6 Å². The Labute approximate surface area is 123 Å². The summed E-state index contributed by atoms with van der Waals surface area (Å²) in [5.41, 5.74) is 1.92. The number of esters is 1. The number of carbonyl (C=O) groups is 1. The molecule has 0 fully saturated rings. The summed E-state index contributed by atoms with van der Waals surface area (Å²) in [5.74, 6) is -0.295. The molecule has 1 aromatic heterocycles. The van der Waals surface area contributed by atoms with Crippen LogP contribution in [0, 0.1) is 0 Å². The molecule has 0 aliphatic carbocycles. The van der Waals surface area contributed by atoms with E-state index in [9.17, 15) is 4.79 Å². The highest BCUT2D eigenvalue weighted by Crippen LogP contribution is 2.37.